The van der Waals surface area contributed by atoms with Crippen molar-refractivity contribution >= 4 is 28.8 Å². The van der Waals surface area contributed by atoms with E-state index in [0.29, 0.717) is 23.9 Å². The van der Waals surface area contributed by atoms with Crippen LogP contribution in [-0.2, 0) is 17.6 Å². The van der Waals surface area contributed by atoms with Crippen molar-refractivity contribution in [3.8, 4) is 5.75 Å². The molecule has 1 heterocycles. The molecule has 2 aromatic rings. The van der Waals surface area contributed by atoms with E-state index in [2.05, 4.69) is 12.2 Å². The van der Waals surface area contributed by atoms with E-state index in [4.69, 9.17) is 4.74 Å². The van der Waals surface area contributed by atoms with Gasteiger partial charge in [-0.15, -0.1) is 11.3 Å². The molecule has 0 spiro atoms. The van der Waals surface area contributed by atoms with Gasteiger partial charge in [0.2, 0.25) is 5.91 Å². The number of likely N-dealkylation sites (N-methyl/N-ethyl adjacent to an activating group) is 1. The summed E-state index contributed by atoms with van der Waals surface area (Å²) in [6.45, 7) is 4.65. The summed E-state index contributed by atoms with van der Waals surface area (Å²) < 4.78 is 5.26. The van der Waals surface area contributed by atoms with Crippen molar-refractivity contribution in [1.29, 1.82) is 0 Å². The quantitative estimate of drug-likeness (QED) is 0.817. The lowest BCUT2D eigenvalue weighted by atomic mass is 9.90. The monoisotopic (exact) mass is 386 g/mol. The largest absolute Gasteiger partial charge is 0.495 e. The number of ether oxygens (including phenoxy) is 1. The number of hydrogen-bond acceptors (Lipinski definition) is 4. The highest BCUT2D eigenvalue weighted by molar-refractivity contribution is 7.14. The van der Waals surface area contributed by atoms with Gasteiger partial charge >= 0.3 is 0 Å². The first kappa shape index (κ1) is 19.4. The highest BCUT2D eigenvalue weighted by atomic mass is 32.1. The molecule has 1 aliphatic carbocycles. The molecule has 0 saturated carbocycles. The summed E-state index contributed by atoms with van der Waals surface area (Å²) in [6.07, 6.45) is 3.27. The molecule has 0 saturated heterocycles. The number of amides is 2. The van der Waals surface area contributed by atoms with Crippen molar-refractivity contribution < 1.29 is 14.3 Å². The summed E-state index contributed by atoms with van der Waals surface area (Å²) in [5.41, 5.74) is 1.91. The van der Waals surface area contributed by atoms with Crippen LogP contribution < -0.4 is 10.1 Å². The number of carbonyl (C=O) groups is 2. The standard InChI is InChI=1S/C21H26N2O3S/c1-4-23(13-20(24)22-16-7-5-6-8-17(16)26-3)21(25)19-12-15-11-14(2)9-10-18(15)27-19/h5-8,12,14H,4,9-11,13H2,1-3H3,(H,22,24). The molecule has 3 rings (SSSR count). The number of thiophene rings is 1. The molecule has 5 nitrogen and oxygen atoms in total. The number of rotatable bonds is 6. The van der Waals surface area contributed by atoms with Gasteiger partial charge in [-0.3, -0.25) is 9.59 Å². The zero-order chi connectivity index (χ0) is 19.4. The lowest BCUT2D eigenvalue weighted by Gasteiger charge is -2.20. The van der Waals surface area contributed by atoms with Crippen LogP contribution in [-0.4, -0.2) is 36.9 Å². The smallest absolute Gasteiger partial charge is 0.264 e. The van der Waals surface area contributed by atoms with Crippen LogP contribution in [0.25, 0.3) is 0 Å². The second-order valence-electron chi connectivity index (χ2n) is 6.97. The molecule has 1 unspecified atom stereocenters. The maximum absolute atomic E-state index is 12.9. The number of benzene rings is 1. The summed E-state index contributed by atoms with van der Waals surface area (Å²) in [6, 6.07) is 9.27. The van der Waals surface area contributed by atoms with Crippen LogP contribution in [0.1, 0.15) is 40.4 Å². The number of carbonyl (C=O) groups excluding carboxylic acids is 2. The summed E-state index contributed by atoms with van der Waals surface area (Å²) in [5, 5.41) is 2.83. The van der Waals surface area contributed by atoms with Crippen LogP contribution in [0.2, 0.25) is 0 Å². The lowest BCUT2D eigenvalue weighted by Crippen LogP contribution is -2.37. The van der Waals surface area contributed by atoms with Crippen LogP contribution in [0.3, 0.4) is 0 Å². The number of aryl methyl sites for hydroxylation is 1. The van der Waals surface area contributed by atoms with Gasteiger partial charge in [-0.05, 0) is 55.9 Å². The minimum Gasteiger partial charge on any atom is -0.495 e. The van der Waals surface area contributed by atoms with E-state index < -0.39 is 0 Å². The number of methoxy groups -OCH3 is 1. The molecule has 0 fully saturated rings. The molecule has 1 aliphatic rings. The Hall–Kier alpha value is -2.34. The van der Waals surface area contributed by atoms with Crippen molar-refractivity contribution in [3.63, 3.8) is 0 Å². The van der Waals surface area contributed by atoms with E-state index in [1.165, 1.54) is 16.9 Å². The van der Waals surface area contributed by atoms with Gasteiger partial charge in [0.15, 0.2) is 0 Å². The Morgan fingerprint density at radius 3 is 2.85 bits per heavy atom. The highest BCUT2D eigenvalue weighted by Gasteiger charge is 2.24. The third-order valence-electron chi connectivity index (χ3n) is 4.92. The Bertz CT molecular complexity index is 831. The molecule has 1 N–H and O–H groups in total. The number of para-hydroxylation sites is 2. The third kappa shape index (κ3) is 4.50. The Labute approximate surface area is 164 Å². The van der Waals surface area contributed by atoms with E-state index in [-0.39, 0.29) is 18.4 Å². The fraction of sp³-hybridized carbons (Fsp3) is 0.429. The fourth-order valence-electron chi connectivity index (χ4n) is 3.41. The van der Waals surface area contributed by atoms with E-state index in [9.17, 15) is 9.59 Å². The maximum Gasteiger partial charge on any atom is 0.264 e. The van der Waals surface area contributed by atoms with Gasteiger partial charge in [0.25, 0.3) is 5.91 Å². The van der Waals surface area contributed by atoms with Crippen LogP contribution in [0.15, 0.2) is 30.3 Å². The Kier molecular flexibility index (Phi) is 6.16. The average Bonchev–Trinajstić information content (AvgIpc) is 3.09. The third-order valence-corrected chi connectivity index (χ3v) is 6.15. The van der Waals surface area contributed by atoms with Gasteiger partial charge in [-0.1, -0.05) is 19.1 Å². The molecule has 1 aromatic carbocycles. The molecule has 6 heteroatoms. The van der Waals surface area contributed by atoms with Gasteiger partial charge in [0, 0.05) is 11.4 Å². The van der Waals surface area contributed by atoms with Gasteiger partial charge in [-0.25, -0.2) is 0 Å². The minimum atomic E-state index is -0.232. The first-order valence-corrected chi connectivity index (χ1v) is 10.2. The molecule has 0 radical (unpaired) electrons. The van der Waals surface area contributed by atoms with Crippen molar-refractivity contribution in [1.82, 2.24) is 4.90 Å². The number of nitrogens with one attached hydrogen (secondary N) is 1. The van der Waals surface area contributed by atoms with Gasteiger partial charge in [0.1, 0.15) is 12.3 Å². The van der Waals surface area contributed by atoms with Crippen LogP contribution in [0.5, 0.6) is 5.75 Å². The van der Waals surface area contributed by atoms with Crippen molar-refractivity contribution in [2.75, 3.05) is 25.5 Å². The molecular formula is C21H26N2O3S. The molecule has 27 heavy (non-hydrogen) atoms. The zero-order valence-electron chi connectivity index (χ0n) is 16.1. The summed E-state index contributed by atoms with van der Waals surface area (Å²) in [7, 11) is 1.56. The average molecular weight is 387 g/mol. The molecule has 2 amide bonds. The van der Waals surface area contributed by atoms with Gasteiger partial charge in [-0.2, -0.15) is 0 Å². The molecule has 144 valence electrons. The summed E-state index contributed by atoms with van der Waals surface area (Å²) in [5.74, 6) is 0.966. The second kappa shape index (κ2) is 8.57. The zero-order valence-corrected chi connectivity index (χ0v) is 16.9. The number of hydrogen-bond donors (Lipinski definition) is 1. The molecule has 1 atom stereocenters. The van der Waals surface area contributed by atoms with Crippen molar-refractivity contribution in [2.24, 2.45) is 5.92 Å². The van der Waals surface area contributed by atoms with Crippen molar-refractivity contribution in [2.45, 2.75) is 33.1 Å². The molecular weight excluding hydrogens is 360 g/mol. The van der Waals surface area contributed by atoms with E-state index in [1.807, 2.05) is 25.1 Å². The SMILES string of the molecule is CCN(CC(=O)Nc1ccccc1OC)C(=O)c1cc2c(s1)CCC(C)C2. The van der Waals surface area contributed by atoms with Crippen LogP contribution >= 0.6 is 11.3 Å². The van der Waals surface area contributed by atoms with Crippen LogP contribution in [0.4, 0.5) is 5.69 Å². The van der Waals surface area contributed by atoms with Crippen LogP contribution in [0, 0.1) is 5.92 Å². The number of fused-ring (bicyclic) bond motifs is 1. The van der Waals surface area contributed by atoms with Gasteiger partial charge < -0.3 is 15.0 Å². The predicted molar refractivity (Wildman–Crippen MR) is 109 cm³/mol. The molecule has 1 aromatic heterocycles. The normalized spacial score (nSPS) is 15.7. The Morgan fingerprint density at radius 1 is 1.33 bits per heavy atom. The molecule has 0 bridgehead atoms. The van der Waals surface area contributed by atoms with E-state index in [1.54, 1.807) is 35.5 Å². The second-order valence-corrected chi connectivity index (χ2v) is 8.11. The Morgan fingerprint density at radius 2 is 2.11 bits per heavy atom. The van der Waals surface area contributed by atoms with E-state index >= 15 is 0 Å². The number of nitrogens with zero attached hydrogens (tertiary/aromatic N) is 1. The fourth-order valence-corrected chi connectivity index (χ4v) is 4.58. The minimum absolute atomic E-state index is 0.0202. The molecule has 0 aliphatic heterocycles. The Balaban J connectivity index is 1.68. The topological polar surface area (TPSA) is 58.6 Å². The number of anilines is 1. The maximum atomic E-state index is 12.9. The van der Waals surface area contributed by atoms with E-state index in [0.717, 1.165) is 17.7 Å². The lowest BCUT2D eigenvalue weighted by molar-refractivity contribution is -0.116. The first-order valence-electron chi connectivity index (χ1n) is 9.35. The highest BCUT2D eigenvalue weighted by Crippen LogP contribution is 2.32. The predicted octanol–water partition coefficient (Wildman–Crippen LogP) is 3.98. The van der Waals surface area contributed by atoms with Gasteiger partial charge in [0.05, 0.1) is 17.7 Å². The van der Waals surface area contributed by atoms with Crippen molar-refractivity contribution in [3.05, 3.63) is 45.6 Å². The summed E-state index contributed by atoms with van der Waals surface area (Å²) in [4.78, 5) is 29.0. The summed E-state index contributed by atoms with van der Waals surface area (Å²) >= 11 is 1.58. The first-order chi connectivity index (χ1) is 13.0.